The van der Waals surface area contributed by atoms with Crippen molar-refractivity contribution >= 4 is 33.4 Å². The lowest BCUT2D eigenvalue weighted by Gasteiger charge is -2.30. The fourth-order valence-electron chi connectivity index (χ4n) is 2.72. The van der Waals surface area contributed by atoms with Gasteiger partial charge in [-0.05, 0) is 42.9 Å². The predicted octanol–water partition coefficient (Wildman–Crippen LogP) is 4.41. The molecule has 2 nitrogen and oxygen atoms in total. The Morgan fingerprint density at radius 3 is 2.70 bits per heavy atom. The van der Waals surface area contributed by atoms with E-state index in [0.717, 1.165) is 11.8 Å². The lowest BCUT2D eigenvalue weighted by molar-refractivity contribution is 0.0936. The molecule has 1 saturated carbocycles. The van der Waals surface area contributed by atoms with E-state index in [1.165, 1.54) is 31.4 Å². The molecule has 1 aromatic carbocycles. The number of hydrogen-bond donors (Lipinski definition) is 1. The summed E-state index contributed by atoms with van der Waals surface area (Å²) < 4.78 is 13.3. The molecule has 1 N–H and O–H groups in total. The van der Waals surface area contributed by atoms with Gasteiger partial charge in [-0.3, -0.25) is 4.79 Å². The van der Waals surface area contributed by atoms with Crippen LogP contribution in [0.15, 0.2) is 18.2 Å². The molecule has 20 heavy (non-hydrogen) atoms. The second-order valence-corrected chi connectivity index (χ2v) is 6.35. The van der Waals surface area contributed by atoms with Gasteiger partial charge in [0.05, 0.1) is 5.02 Å². The average molecular weight is 363 g/mol. The van der Waals surface area contributed by atoms with Gasteiger partial charge in [0.1, 0.15) is 5.82 Å². The van der Waals surface area contributed by atoms with E-state index in [-0.39, 0.29) is 10.9 Å². The van der Waals surface area contributed by atoms with Gasteiger partial charge in [0, 0.05) is 17.4 Å². The summed E-state index contributed by atoms with van der Waals surface area (Å²) in [5, 5.41) is 3.92. The molecule has 110 valence electrons. The van der Waals surface area contributed by atoms with Gasteiger partial charge in [-0.25, -0.2) is 4.39 Å². The van der Waals surface area contributed by atoms with Crippen LogP contribution in [0.2, 0.25) is 5.02 Å². The summed E-state index contributed by atoms with van der Waals surface area (Å²) >= 11 is 9.15. The van der Waals surface area contributed by atoms with Crippen molar-refractivity contribution < 1.29 is 9.18 Å². The minimum Gasteiger partial charge on any atom is -0.352 e. The predicted molar refractivity (Wildman–Crippen MR) is 83.0 cm³/mol. The van der Waals surface area contributed by atoms with Crippen LogP contribution in [0, 0.1) is 17.7 Å². The third-order valence-corrected chi connectivity index (χ3v) is 5.11. The maximum Gasteiger partial charge on any atom is 0.251 e. The topological polar surface area (TPSA) is 29.1 Å². The van der Waals surface area contributed by atoms with Gasteiger partial charge >= 0.3 is 0 Å². The van der Waals surface area contributed by atoms with E-state index in [2.05, 4.69) is 21.2 Å². The monoisotopic (exact) mass is 361 g/mol. The number of amides is 1. The number of nitrogens with one attached hydrogen (secondary N) is 1. The normalized spacial score (nSPS) is 22.6. The first-order valence-corrected chi connectivity index (χ1v) is 8.41. The molecule has 0 saturated heterocycles. The van der Waals surface area contributed by atoms with Gasteiger partial charge in [0.2, 0.25) is 0 Å². The summed E-state index contributed by atoms with van der Waals surface area (Å²) in [5.74, 6) is 0.324. The van der Waals surface area contributed by atoms with Crippen LogP contribution in [0.3, 0.4) is 0 Å². The zero-order valence-electron chi connectivity index (χ0n) is 11.2. The SMILES string of the molecule is O=C(NCC1CCCCC1CBr)c1ccc(Cl)c(F)c1. The van der Waals surface area contributed by atoms with Crippen LogP contribution in [-0.2, 0) is 0 Å². The van der Waals surface area contributed by atoms with Crippen LogP contribution < -0.4 is 5.32 Å². The summed E-state index contributed by atoms with van der Waals surface area (Å²) in [6.07, 6.45) is 4.84. The summed E-state index contributed by atoms with van der Waals surface area (Å²) in [5.41, 5.74) is 0.318. The Labute approximate surface area is 132 Å². The van der Waals surface area contributed by atoms with E-state index in [4.69, 9.17) is 11.6 Å². The quantitative estimate of drug-likeness (QED) is 0.790. The fraction of sp³-hybridized carbons (Fsp3) is 0.533. The molecule has 0 aliphatic heterocycles. The number of benzene rings is 1. The Morgan fingerprint density at radius 2 is 2.05 bits per heavy atom. The minimum atomic E-state index is -0.560. The summed E-state index contributed by atoms with van der Waals surface area (Å²) in [6, 6.07) is 4.14. The second-order valence-electron chi connectivity index (χ2n) is 5.30. The van der Waals surface area contributed by atoms with E-state index >= 15 is 0 Å². The molecule has 0 radical (unpaired) electrons. The zero-order valence-corrected chi connectivity index (χ0v) is 13.5. The molecule has 1 fully saturated rings. The third-order valence-electron chi connectivity index (χ3n) is 3.97. The van der Waals surface area contributed by atoms with Crippen LogP contribution >= 0.6 is 27.5 Å². The van der Waals surface area contributed by atoms with E-state index in [1.807, 2.05) is 0 Å². The van der Waals surface area contributed by atoms with Crippen molar-refractivity contribution in [1.82, 2.24) is 5.32 Å². The van der Waals surface area contributed by atoms with Crippen molar-refractivity contribution in [1.29, 1.82) is 0 Å². The van der Waals surface area contributed by atoms with Gasteiger partial charge in [0.15, 0.2) is 0 Å². The van der Waals surface area contributed by atoms with Crippen molar-refractivity contribution in [2.24, 2.45) is 11.8 Å². The van der Waals surface area contributed by atoms with Crippen LogP contribution in [0.5, 0.6) is 0 Å². The van der Waals surface area contributed by atoms with E-state index in [1.54, 1.807) is 6.07 Å². The van der Waals surface area contributed by atoms with Crippen molar-refractivity contribution in [3.63, 3.8) is 0 Å². The van der Waals surface area contributed by atoms with Crippen molar-refractivity contribution in [2.75, 3.05) is 11.9 Å². The molecule has 2 unspecified atom stereocenters. The highest BCUT2D eigenvalue weighted by Crippen LogP contribution is 2.30. The van der Waals surface area contributed by atoms with Crippen molar-refractivity contribution in [3.8, 4) is 0 Å². The van der Waals surface area contributed by atoms with Gasteiger partial charge in [-0.15, -0.1) is 0 Å². The van der Waals surface area contributed by atoms with Crippen molar-refractivity contribution in [3.05, 3.63) is 34.6 Å². The highest BCUT2D eigenvalue weighted by atomic mass is 79.9. The first kappa shape index (κ1) is 15.8. The zero-order chi connectivity index (χ0) is 14.5. The van der Waals surface area contributed by atoms with Gasteiger partial charge < -0.3 is 5.32 Å². The molecule has 0 spiro atoms. The van der Waals surface area contributed by atoms with Gasteiger partial charge in [0.25, 0.3) is 5.91 Å². The minimum absolute atomic E-state index is 0.0354. The smallest absolute Gasteiger partial charge is 0.251 e. The van der Waals surface area contributed by atoms with Gasteiger partial charge in [-0.2, -0.15) is 0 Å². The fourth-order valence-corrected chi connectivity index (χ4v) is 3.69. The molecule has 0 aromatic heterocycles. The third kappa shape index (κ3) is 3.95. The number of carbonyl (C=O) groups excluding carboxylic acids is 1. The van der Waals surface area contributed by atoms with Crippen LogP contribution in [0.4, 0.5) is 4.39 Å². The molecule has 0 heterocycles. The summed E-state index contributed by atoms with van der Waals surface area (Å²) in [7, 11) is 0. The molecule has 2 rings (SSSR count). The Balaban J connectivity index is 1.92. The van der Waals surface area contributed by atoms with E-state index in [0.29, 0.717) is 23.9 Å². The summed E-state index contributed by atoms with van der Waals surface area (Å²) in [6.45, 7) is 0.652. The lowest BCUT2D eigenvalue weighted by atomic mass is 9.80. The highest BCUT2D eigenvalue weighted by molar-refractivity contribution is 9.09. The van der Waals surface area contributed by atoms with Gasteiger partial charge in [-0.1, -0.05) is 40.4 Å². The molecular weight excluding hydrogens is 345 g/mol. The lowest BCUT2D eigenvalue weighted by Crippen LogP contribution is -2.34. The number of rotatable bonds is 4. The molecule has 0 bridgehead atoms. The molecule has 1 aromatic rings. The highest BCUT2D eigenvalue weighted by Gasteiger charge is 2.24. The first-order chi connectivity index (χ1) is 9.61. The Hall–Kier alpha value is -0.610. The van der Waals surface area contributed by atoms with Crippen LogP contribution in [0.1, 0.15) is 36.0 Å². The summed E-state index contributed by atoms with van der Waals surface area (Å²) in [4.78, 5) is 12.0. The van der Waals surface area contributed by atoms with Crippen LogP contribution in [-0.4, -0.2) is 17.8 Å². The Kier molecular flexibility index (Phi) is 5.85. The number of alkyl halides is 1. The van der Waals surface area contributed by atoms with Crippen molar-refractivity contribution in [2.45, 2.75) is 25.7 Å². The number of hydrogen-bond acceptors (Lipinski definition) is 1. The number of halogens is 3. The first-order valence-electron chi connectivity index (χ1n) is 6.91. The molecule has 1 aliphatic rings. The standard InChI is InChI=1S/C15H18BrClFNO/c16-8-11-3-1-2-4-12(11)9-19-15(20)10-5-6-13(17)14(18)7-10/h5-7,11-12H,1-4,8-9H2,(H,19,20). The maximum absolute atomic E-state index is 13.3. The molecule has 1 aliphatic carbocycles. The number of carbonyl (C=O) groups is 1. The molecular formula is C15H18BrClFNO. The Morgan fingerprint density at radius 1 is 1.35 bits per heavy atom. The second kappa shape index (κ2) is 7.41. The average Bonchev–Trinajstić information content (AvgIpc) is 2.47. The Bertz CT molecular complexity index is 483. The van der Waals surface area contributed by atoms with E-state index < -0.39 is 5.82 Å². The maximum atomic E-state index is 13.3. The molecule has 5 heteroatoms. The molecule has 2 atom stereocenters. The largest absolute Gasteiger partial charge is 0.352 e. The van der Waals surface area contributed by atoms with E-state index in [9.17, 15) is 9.18 Å². The molecule has 1 amide bonds. The van der Waals surface area contributed by atoms with Crippen LogP contribution in [0.25, 0.3) is 0 Å².